The lowest BCUT2D eigenvalue weighted by Crippen LogP contribution is -2.39. The zero-order chi connectivity index (χ0) is 12.4. The highest BCUT2D eigenvalue weighted by Crippen LogP contribution is 2.30. The molecule has 0 saturated heterocycles. The molecule has 7 nitrogen and oxygen atoms in total. The van der Waals surface area contributed by atoms with Crippen molar-refractivity contribution in [2.24, 2.45) is 0 Å². The number of rotatable bonds is 3. The first-order valence-corrected chi connectivity index (χ1v) is 5.10. The third-order valence-electron chi connectivity index (χ3n) is 2.68. The minimum atomic E-state index is -0.622. The van der Waals surface area contributed by atoms with Crippen molar-refractivity contribution in [3.8, 4) is 6.07 Å². The Morgan fingerprint density at radius 2 is 2.35 bits per heavy atom. The maximum Gasteiger partial charge on any atom is 0.328 e. The first-order chi connectivity index (χ1) is 8.11. The van der Waals surface area contributed by atoms with Crippen LogP contribution in [0.4, 0.5) is 11.5 Å². The van der Waals surface area contributed by atoms with Crippen LogP contribution in [0.2, 0.25) is 0 Å². The van der Waals surface area contributed by atoms with Crippen molar-refractivity contribution in [3.05, 3.63) is 27.9 Å². The van der Waals surface area contributed by atoms with Gasteiger partial charge in [0.15, 0.2) is 0 Å². The number of nitrogens with zero attached hydrogens (tertiary/aromatic N) is 3. The maximum atomic E-state index is 10.9. The fraction of sp³-hybridized carbons (Fsp3) is 0.400. The van der Waals surface area contributed by atoms with Gasteiger partial charge in [-0.25, -0.2) is 4.98 Å². The first-order valence-electron chi connectivity index (χ1n) is 5.10. The lowest BCUT2D eigenvalue weighted by molar-refractivity contribution is -0.384. The summed E-state index contributed by atoms with van der Waals surface area (Å²) in [5, 5.41) is 31.7. The van der Waals surface area contributed by atoms with Crippen molar-refractivity contribution in [1.29, 1.82) is 5.26 Å². The molecule has 17 heavy (non-hydrogen) atoms. The monoisotopic (exact) mass is 234 g/mol. The number of hydrogen-bond donors (Lipinski definition) is 2. The van der Waals surface area contributed by atoms with Gasteiger partial charge in [-0.05, 0) is 18.9 Å². The molecule has 1 aliphatic carbocycles. The minimum Gasteiger partial charge on any atom is -0.393 e. The molecule has 0 aliphatic heterocycles. The zero-order valence-electron chi connectivity index (χ0n) is 8.83. The summed E-state index contributed by atoms with van der Waals surface area (Å²) in [7, 11) is 0. The Morgan fingerprint density at radius 1 is 1.65 bits per heavy atom. The topological polar surface area (TPSA) is 112 Å². The van der Waals surface area contributed by atoms with Crippen LogP contribution in [0.15, 0.2) is 12.3 Å². The van der Waals surface area contributed by atoms with Gasteiger partial charge in [-0.2, -0.15) is 5.26 Å². The highest BCUT2D eigenvalue weighted by atomic mass is 16.6. The number of hydrogen-bond acceptors (Lipinski definition) is 6. The van der Waals surface area contributed by atoms with E-state index in [0.29, 0.717) is 12.8 Å². The zero-order valence-corrected chi connectivity index (χ0v) is 8.83. The van der Waals surface area contributed by atoms with Crippen LogP contribution in [0.5, 0.6) is 0 Å². The van der Waals surface area contributed by atoms with Gasteiger partial charge < -0.3 is 10.4 Å². The number of nitriles is 1. The number of anilines is 1. The highest BCUT2D eigenvalue weighted by Gasteiger charge is 2.30. The number of nitrogens with one attached hydrogen (secondary N) is 1. The van der Waals surface area contributed by atoms with Crippen LogP contribution in [0.25, 0.3) is 0 Å². The molecule has 0 bridgehead atoms. The third kappa shape index (κ3) is 2.16. The van der Waals surface area contributed by atoms with Gasteiger partial charge in [0.05, 0.1) is 11.0 Å². The molecule has 1 aromatic rings. The van der Waals surface area contributed by atoms with E-state index in [0.717, 1.165) is 0 Å². The first kappa shape index (κ1) is 11.3. The quantitative estimate of drug-likeness (QED) is 0.590. The highest BCUT2D eigenvalue weighted by molar-refractivity contribution is 5.64. The van der Waals surface area contributed by atoms with Crippen molar-refractivity contribution in [3.63, 3.8) is 0 Å². The summed E-state index contributed by atoms with van der Waals surface area (Å²) in [5.41, 5.74) is -0.330. The number of aromatic nitrogens is 1. The van der Waals surface area contributed by atoms with E-state index in [9.17, 15) is 10.1 Å². The molecule has 1 aliphatic rings. The van der Waals surface area contributed by atoms with Gasteiger partial charge in [0.1, 0.15) is 11.6 Å². The van der Waals surface area contributed by atoms with Crippen LogP contribution in [-0.4, -0.2) is 27.2 Å². The van der Waals surface area contributed by atoms with Gasteiger partial charge in [0, 0.05) is 12.2 Å². The average molecular weight is 234 g/mol. The molecule has 88 valence electrons. The van der Waals surface area contributed by atoms with Crippen LogP contribution in [0, 0.1) is 21.4 Å². The van der Waals surface area contributed by atoms with E-state index in [2.05, 4.69) is 10.3 Å². The second kappa shape index (κ2) is 4.35. The average Bonchev–Trinajstić information content (AvgIpc) is 2.26. The van der Waals surface area contributed by atoms with Crippen molar-refractivity contribution >= 4 is 11.5 Å². The molecule has 2 N–H and O–H groups in total. The van der Waals surface area contributed by atoms with Crippen molar-refractivity contribution in [2.75, 3.05) is 5.32 Å². The molecule has 0 unspecified atom stereocenters. The largest absolute Gasteiger partial charge is 0.393 e. The normalized spacial score (nSPS) is 22.4. The number of aliphatic hydroxyl groups excluding tert-OH is 1. The molecule has 2 rings (SSSR count). The van der Waals surface area contributed by atoms with E-state index in [-0.39, 0.29) is 29.2 Å². The summed E-state index contributed by atoms with van der Waals surface area (Å²) in [6.45, 7) is 0. The molecule has 0 amide bonds. The van der Waals surface area contributed by atoms with Crippen LogP contribution in [-0.2, 0) is 0 Å². The van der Waals surface area contributed by atoms with Gasteiger partial charge in [-0.3, -0.25) is 10.1 Å². The molecular weight excluding hydrogens is 224 g/mol. The van der Waals surface area contributed by atoms with Crippen molar-refractivity contribution in [1.82, 2.24) is 4.98 Å². The number of nitro groups is 1. The molecule has 7 heteroatoms. The van der Waals surface area contributed by atoms with Gasteiger partial charge in [0.25, 0.3) is 0 Å². The van der Waals surface area contributed by atoms with Crippen LogP contribution < -0.4 is 5.32 Å². The summed E-state index contributed by atoms with van der Waals surface area (Å²) < 4.78 is 0. The second-order valence-electron chi connectivity index (χ2n) is 3.89. The fourth-order valence-corrected chi connectivity index (χ4v) is 1.73. The minimum absolute atomic E-state index is 0.0210. The summed E-state index contributed by atoms with van der Waals surface area (Å²) in [4.78, 5) is 14.1. The Balaban J connectivity index is 2.27. The second-order valence-corrected chi connectivity index (χ2v) is 3.89. The van der Waals surface area contributed by atoms with Crippen LogP contribution in [0.1, 0.15) is 18.4 Å². The SMILES string of the molecule is N#Cc1ccnc(NC2CC(O)C2)c1[N+](=O)[O-]. The Morgan fingerprint density at radius 3 is 2.88 bits per heavy atom. The summed E-state index contributed by atoms with van der Waals surface area (Å²) in [6, 6.07) is 3.05. The molecular formula is C10H10N4O3. The van der Waals surface area contributed by atoms with E-state index in [1.807, 2.05) is 0 Å². The fourth-order valence-electron chi connectivity index (χ4n) is 1.73. The molecule has 1 aromatic heterocycles. The Bertz CT molecular complexity index is 491. The van der Waals surface area contributed by atoms with Gasteiger partial charge in [-0.15, -0.1) is 0 Å². The Hall–Kier alpha value is -2.20. The molecule has 1 heterocycles. The standard InChI is InChI=1S/C10H10N4O3/c11-5-6-1-2-12-10(9(6)14(16)17)13-7-3-8(15)4-7/h1-2,7-8,15H,3-4H2,(H,12,13). The lowest BCUT2D eigenvalue weighted by Gasteiger charge is -2.32. The van der Waals surface area contributed by atoms with Gasteiger partial charge in [0.2, 0.25) is 5.82 Å². The summed E-state index contributed by atoms with van der Waals surface area (Å²) in [6.07, 6.45) is 2.07. The van der Waals surface area contributed by atoms with E-state index in [4.69, 9.17) is 10.4 Å². The summed E-state index contributed by atoms with van der Waals surface area (Å²) in [5.74, 6) is 0.0888. The Kier molecular flexibility index (Phi) is 2.89. The lowest BCUT2D eigenvalue weighted by atomic mass is 9.89. The van der Waals surface area contributed by atoms with E-state index < -0.39 is 4.92 Å². The predicted molar refractivity (Wildman–Crippen MR) is 58.3 cm³/mol. The van der Waals surface area contributed by atoms with Crippen molar-refractivity contribution < 1.29 is 10.0 Å². The van der Waals surface area contributed by atoms with Crippen LogP contribution >= 0.6 is 0 Å². The molecule has 1 saturated carbocycles. The maximum absolute atomic E-state index is 10.9. The molecule has 0 atom stereocenters. The van der Waals surface area contributed by atoms with E-state index in [1.165, 1.54) is 12.3 Å². The molecule has 0 radical (unpaired) electrons. The van der Waals surface area contributed by atoms with Crippen LogP contribution in [0.3, 0.4) is 0 Å². The molecule has 0 spiro atoms. The van der Waals surface area contributed by atoms with E-state index >= 15 is 0 Å². The number of pyridine rings is 1. The Labute approximate surface area is 96.9 Å². The predicted octanol–water partition coefficient (Wildman–Crippen LogP) is 0.797. The van der Waals surface area contributed by atoms with Gasteiger partial charge in [-0.1, -0.05) is 0 Å². The smallest absolute Gasteiger partial charge is 0.328 e. The summed E-state index contributed by atoms with van der Waals surface area (Å²) >= 11 is 0. The third-order valence-corrected chi connectivity index (χ3v) is 2.68. The number of aliphatic hydroxyl groups is 1. The van der Waals surface area contributed by atoms with Crippen molar-refractivity contribution in [2.45, 2.75) is 25.0 Å². The van der Waals surface area contributed by atoms with Gasteiger partial charge >= 0.3 is 5.69 Å². The molecule has 1 fully saturated rings. The van der Waals surface area contributed by atoms with E-state index in [1.54, 1.807) is 6.07 Å². The molecule has 0 aromatic carbocycles.